The zero-order valence-corrected chi connectivity index (χ0v) is 13.9. The quantitative estimate of drug-likeness (QED) is 0.531. The van der Waals surface area contributed by atoms with E-state index in [2.05, 4.69) is 30.9 Å². The summed E-state index contributed by atoms with van der Waals surface area (Å²) in [7, 11) is 0. The highest BCUT2D eigenvalue weighted by molar-refractivity contribution is 6.33. The minimum absolute atomic E-state index is 0.210. The van der Waals surface area contributed by atoms with Gasteiger partial charge in [0.1, 0.15) is 17.2 Å². The van der Waals surface area contributed by atoms with Gasteiger partial charge < -0.3 is 9.73 Å². The van der Waals surface area contributed by atoms with E-state index >= 15 is 0 Å². The first kappa shape index (κ1) is 15.8. The van der Waals surface area contributed by atoms with Gasteiger partial charge in [-0.2, -0.15) is 10.5 Å². The molecule has 0 unspecified atom stereocenters. The number of nitriles is 1. The smallest absolute Gasteiger partial charge is 0.228 e. The van der Waals surface area contributed by atoms with E-state index in [0.717, 1.165) is 11.3 Å². The van der Waals surface area contributed by atoms with Gasteiger partial charge in [0.25, 0.3) is 0 Å². The van der Waals surface area contributed by atoms with Crippen LogP contribution in [0.25, 0.3) is 28.1 Å². The Bertz CT molecular complexity index is 1140. The fourth-order valence-electron chi connectivity index (χ4n) is 2.34. The summed E-state index contributed by atoms with van der Waals surface area (Å²) in [4.78, 5) is 4.46. The van der Waals surface area contributed by atoms with Crippen molar-refractivity contribution in [3.63, 3.8) is 0 Å². The first-order valence-corrected chi connectivity index (χ1v) is 7.88. The van der Waals surface area contributed by atoms with Gasteiger partial charge in [0.05, 0.1) is 10.6 Å². The summed E-state index contributed by atoms with van der Waals surface area (Å²) in [5.74, 6) is 0.657. The van der Waals surface area contributed by atoms with Crippen molar-refractivity contribution < 1.29 is 4.42 Å². The molecular weight excluding hydrogens is 354 g/mol. The van der Waals surface area contributed by atoms with Gasteiger partial charge in [-0.15, -0.1) is 10.2 Å². The van der Waals surface area contributed by atoms with Crippen molar-refractivity contribution >= 4 is 34.0 Å². The van der Waals surface area contributed by atoms with Crippen LogP contribution in [0.1, 0.15) is 5.82 Å². The molecule has 0 aliphatic rings. The summed E-state index contributed by atoms with van der Waals surface area (Å²) in [6, 6.07) is 14.8. The molecule has 0 atom stereocenters. The van der Waals surface area contributed by atoms with E-state index in [1.54, 1.807) is 12.1 Å². The van der Waals surface area contributed by atoms with Gasteiger partial charge in [-0.1, -0.05) is 23.7 Å². The number of oxazole rings is 1. The molecule has 8 nitrogen and oxygen atoms in total. The van der Waals surface area contributed by atoms with Gasteiger partial charge in [0.2, 0.25) is 11.7 Å². The molecule has 2 aromatic heterocycles. The normalized spacial score (nSPS) is 11.5. The second-order valence-corrected chi connectivity index (χ2v) is 5.64. The minimum Gasteiger partial charge on any atom is -0.436 e. The number of anilines is 1. The second kappa shape index (κ2) is 6.66. The number of hydrogen-bond acceptors (Lipinski definition) is 7. The zero-order valence-electron chi connectivity index (χ0n) is 13.1. The molecule has 126 valence electrons. The van der Waals surface area contributed by atoms with Crippen molar-refractivity contribution in [1.82, 2.24) is 25.6 Å². The van der Waals surface area contributed by atoms with E-state index in [9.17, 15) is 5.26 Å². The predicted molar refractivity (Wildman–Crippen MR) is 95.8 cm³/mol. The number of aromatic nitrogens is 5. The van der Waals surface area contributed by atoms with Crippen LogP contribution in [0.15, 0.2) is 53.1 Å². The fourth-order valence-corrected chi connectivity index (χ4v) is 2.56. The lowest BCUT2D eigenvalue weighted by molar-refractivity contribution is 0.620. The molecule has 0 amide bonds. The lowest BCUT2D eigenvalue weighted by Crippen LogP contribution is -1.92. The summed E-state index contributed by atoms with van der Waals surface area (Å²) in [5.41, 5.74) is 2.98. The molecule has 2 aromatic carbocycles. The molecule has 2 N–H and O–H groups in total. The Morgan fingerprint density at radius 2 is 2.15 bits per heavy atom. The van der Waals surface area contributed by atoms with Crippen molar-refractivity contribution in [3.8, 4) is 17.5 Å². The Kier molecular flexibility index (Phi) is 4.05. The van der Waals surface area contributed by atoms with Crippen LogP contribution in [-0.4, -0.2) is 25.6 Å². The van der Waals surface area contributed by atoms with Crippen molar-refractivity contribution in [2.75, 3.05) is 5.32 Å². The van der Waals surface area contributed by atoms with Gasteiger partial charge in [-0.25, -0.2) is 4.98 Å². The first-order valence-electron chi connectivity index (χ1n) is 7.51. The number of allylic oxidation sites excluding steroid dienone is 1. The molecule has 0 bridgehead atoms. The number of fused-ring (bicyclic) bond motifs is 1. The monoisotopic (exact) mass is 363 g/mol. The molecule has 0 saturated heterocycles. The van der Waals surface area contributed by atoms with E-state index in [4.69, 9.17) is 16.0 Å². The van der Waals surface area contributed by atoms with Gasteiger partial charge in [-0.05, 0) is 29.5 Å². The number of benzene rings is 2. The molecule has 2 heterocycles. The summed E-state index contributed by atoms with van der Waals surface area (Å²) >= 11 is 6.20. The van der Waals surface area contributed by atoms with Gasteiger partial charge in [-0.3, -0.25) is 0 Å². The third-order valence-corrected chi connectivity index (χ3v) is 3.91. The highest BCUT2D eigenvalue weighted by atomic mass is 35.5. The maximum Gasteiger partial charge on any atom is 0.228 e. The largest absolute Gasteiger partial charge is 0.436 e. The van der Waals surface area contributed by atoms with Crippen LogP contribution in [-0.2, 0) is 0 Å². The van der Waals surface area contributed by atoms with Crippen molar-refractivity contribution in [3.05, 3.63) is 59.5 Å². The molecule has 0 radical (unpaired) electrons. The maximum atomic E-state index is 9.18. The van der Waals surface area contributed by atoms with Crippen LogP contribution in [0.4, 0.5) is 5.69 Å². The minimum atomic E-state index is 0.210. The number of nitrogens with one attached hydrogen (secondary N) is 2. The molecule has 0 fully saturated rings. The Morgan fingerprint density at radius 1 is 1.27 bits per heavy atom. The summed E-state index contributed by atoms with van der Waals surface area (Å²) in [6.07, 6.45) is 1.50. The topological polar surface area (TPSA) is 116 Å². The SMILES string of the molecule is N#CC(=CNc1ccc2nc(-c3ccccc3Cl)oc2c1)c1nn[nH]n1. The molecule has 26 heavy (non-hydrogen) atoms. The molecule has 0 aliphatic carbocycles. The van der Waals surface area contributed by atoms with Crippen LogP contribution in [0.5, 0.6) is 0 Å². The summed E-state index contributed by atoms with van der Waals surface area (Å²) < 4.78 is 5.82. The van der Waals surface area contributed by atoms with E-state index < -0.39 is 0 Å². The number of rotatable bonds is 4. The van der Waals surface area contributed by atoms with Crippen LogP contribution in [0.3, 0.4) is 0 Å². The standard InChI is InChI=1S/C17H10ClN7O/c18-13-4-2-1-3-12(13)17-21-14-6-5-11(7-15(14)26-17)20-9-10(8-19)16-22-24-25-23-16/h1-7,9,20H,(H,22,23,24,25). The van der Waals surface area contributed by atoms with Crippen LogP contribution in [0.2, 0.25) is 5.02 Å². The molecule has 4 rings (SSSR count). The summed E-state index contributed by atoms with van der Waals surface area (Å²) in [6.45, 7) is 0. The lowest BCUT2D eigenvalue weighted by atomic mass is 10.2. The van der Waals surface area contributed by atoms with Crippen LogP contribution >= 0.6 is 11.6 Å². The van der Waals surface area contributed by atoms with E-state index in [0.29, 0.717) is 22.0 Å². The Balaban J connectivity index is 1.64. The third-order valence-electron chi connectivity index (χ3n) is 3.58. The van der Waals surface area contributed by atoms with Crippen molar-refractivity contribution in [2.24, 2.45) is 0 Å². The van der Waals surface area contributed by atoms with E-state index in [1.165, 1.54) is 6.20 Å². The zero-order chi connectivity index (χ0) is 17.9. The maximum absolute atomic E-state index is 9.18. The average molecular weight is 364 g/mol. The molecule has 0 saturated carbocycles. The molecule has 9 heteroatoms. The fraction of sp³-hybridized carbons (Fsp3) is 0. The van der Waals surface area contributed by atoms with E-state index in [1.807, 2.05) is 36.4 Å². The van der Waals surface area contributed by atoms with Crippen molar-refractivity contribution in [1.29, 1.82) is 5.26 Å². The van der Waals surface area contributed by atoms with Gasteiger partial charge in [0, 0.05) is 18.0 Å². The first-order chi connectivity index (χ1) is 12.7. The molecule has 4 aromatic rings. The Labute approximate surface area is 152 Å². The Hall–Kier alpha value is -3.70. The molecule has 0 spiro atoms. The Morgan fingerprint density at radius 3 is 2.92 bits per heavy atom. The second-order valence-electron chi connectivity index (χ2n) is 5.23. The van der Waals surface area contributed by atoms with E-state index in [-0.39, 0.29) is 11.4 Å². The highest BCUT2D eigenvalue weighted by Gasteiger charge is 2.11. The number of H-pyrrole nitrogens is 1. The van der Waals surface area contributed by atoms with Gasteiger partial charge >= 0.3 is 0 Å². The highest BCUT2D eigenvalue weighted by Crippen LogP contribution is 2.30. The number of tetrazole rings is 1. The number of aromatic amines is 1. The predicted octanol–water partition coefficient (Wildman–Crippen LogP) is 3.64. The number of nitrogens with zero attached hydrogens (tertiary/aromatic N) is 5. The molecule has 0 aliphatic heterocycles. The van der Waals surface area contributed by atoms with Gasteiger partial charge in [0.15, 0.2) is 5.58 Å². The van der Waals surface area contributed by atoms with Crippen LogP contribution in [0, 0.1) is 11.3 Å². The number of hydrogen-bond donors (Lipinski definition) is 2. The summed E-state index contributed by atoms with van der Waals surface area (Å²) in [5, 5.41) is 26.1. The average Bonchev–Trinajstić information content (AvgIpc) is 3.32. The van der Waals surface area contributed by atoms with Crippen molar-refractivity contribution in [2.45, 2.75) is 0 Å². The number of halogens is 1. The van der Waals surface area contributed by atoms with Crippen LogP contribution < -0.4 is 5.32 Å². The lowest BCUT2D eigenvalue weighted by Gasteiger charge is -2.00. The third kappa shape index (κ3) is 2.99. The molecular formula is C17H10ClN7O.